The highest BCUT2D eigenvalue weighted by atomic mass is 35.5. The van der Waals surface area contributed by atoms with Crippen molar-refractivity contribution < 1.29 is 14.3 Å². The molecule has 3 aliphatic rings. The number of ketones is 1. The van der Waals surface area contributed by atoms with Gasteiger partial charge in [0.1, 0.15) is 16.9 Å². The Balaban J connectivity index is 1.33. The first-order valence-electron chi connectivity index (χ1n) is 8.98. The van der Waals surface area contributed by atoms with E-state index in [1.807, 2.05) is 4.90 Å². The molecule has 2 aliphatic carbocycles. The molecule has 1 saturated heterocycles. The van der Waals surface area contributed by atoms with Gasteiger partial charge in [0.2, 0.25) is 0 Å². The van der Waals surface area contributed by atoms with Crippen LogP contribution in [0.1, 0.15) is 32.1 Å². The van der Waals surface area contributed by atoms with Gasteiger partial charge in [0.15, 0.2) is 0 Å². The van der Waals surface area contributed by atoms with E-state index in [-0.39, 0.29) is 29.0 Å². The summed E-state index contributed by atoms with van der Waals surface area (Å²) in [5.41, 5.74) is 0.111. The van der Waals surface area contributed by atoms with Crippen LogP contribution in [-0.2, 0) is 9.53 Å². The highest BCUT2D eigenvalue weighted by molar-refractivity contribution is 6.33. The first-order chi connectivity index (χ1) is 12.5. The highest BCUT2D eigenvalue weighted by Gasteiger charge is 2.43. The lowest BCUT2D eigenvalue weighted by molar-refractivity contribution is -0.122. The summed E-state index contributed by atoms with van der Waals surface area (Å²) in [5, 5.41) is 9.13. The maximum Gasteiger partial charge on any atom is 0.407 e. The second-order valence-electron chi connectivity index (χ2n) is 7.37. The van der Waals surface area contributed by atoms with Gasteiger partial charge in [-0.25, -0.2) is 9.89 Å². The molecular weight excluding hydrogens is 360 g/mol. The Bertz CT molecular complexity index is 766. The van der Waals surface area contributed by atoms with Crippen molar-refractivity contribution in [3.63, 3.8) is 0 Å². The number of amides is 1. The van der Waals surface area contributed by atoms with Crippen molar-refractivity contribution in [3.05, 3.63) is 21.6 Å². The molecule has 9 heteroatoms. The average Bonchev–Trinajstić information content (AvgIpc) is 3.13. The zero-order valence-electron chi connectivity index (χ0n) is 14.2. The molecule has 0 radical (unpaired) electrons. The van der Waals surface area contributed by atoms with Crippen LogP contribution in [0.4, 0.5) is 10.5 Å². The number of Topliss-reactive ketones (excluding diaryl/α,β-unsaturated/α-hetero) is 1. The van der Waals surface area contributed by atoms with Gasteiger partial charge >= 0.3 is 6.09 Å². The van der Waals surface area contributed by atoms with Crippen LogP contribution in [0.2, 0.25) is 5.02 Å². The molecule has 0 aromatic carbocycles. The number of fused-ring (bicyclic) bond motifs is 2. The Morgan fingerprint density at radius 3 is 2.73 bits per heavy atom. The van der Waals surface area contributed by atoms with Crippen LogP contribution < -0.4 is 15.8 Å². The molecule has 2 heterocycles. The molecule has 2 saturated carbocycles. The molecule has 2 unspecified atom stereocenters. The van der Waals surface area contributed by atoms with E-state index in [0.29, 0.717) is 43.8 Å². The SMILES string of the molecule is O=C1CC2CCC(C1)C2NC(=O)O[C@@H]1CCN(c2cn[nH]c(=O)c2Cl)C1. The summed E-state index contributed by atoms with van der Waals surface area (Å²) in [6, 6.07) is 0.0454. The molecule has 1 aromatic rings. The lowest BCUT2D eigenvalue weighted by Gasteiger charge is -2.30. The number of alkyl carbamates (subject to hydrolysis) is 1. The molecule has 2 N–H and O–H groups in total. The van der Waals surface area contributed by atoms with E-state index >= 15 is 0 Å². The second kappa shape index (κ2) is 6.90. The predicted molar refractivity (Wildman–Crippen MR) is 94.3 cm³/mol. The van der Waals surface area contributed by atoms with E-state index in [2.05, 4.69) is 15.5 Å². The van der Waals surface area contributed by atoms with Crippen LogP contribution in [0, 0.1) is 11.8 Å². The summed E-state index contributed by atoms with van der Waals surface area (Å²) in [7, 11) is 0. The van der Waals surface area contributed by atoms with Gasteiger partial charge in [0, 0.05) is 31.8 Å². The van der Waals surface area contributed by atoms with E-state index in [4.69, 9.17) is 16.3 Å². The summed E-state index contributed by atoms with van der Waals surface area (Å²) in [6.45, 7) is 1.10. The zero-order valence-corrected chi connectivity index (χ0v) is 15.0. The average molecular weight is 381 g/mol. The lowest BCUT2D eigenvalue weighted by Crippen LogP contribution is -2.46. The number of halogens is 1. The Hall–Kier alpha value is -2.09. The molecular formula is C17H21ClN4O4. The fourth-order valence-electron chi connectivity index (χ4n) is 4.49. The fraction of sp³-hybridized carbons (Fsp3) is 0.647. The van der Waals surface area contributed by atoms with Gasteiger partial charge < -0.3 is 15.0 Å². The minimum Gasteiger partial charge on any atom is -0.444 e. The molecule has 3 fully saturated rings. The van der Waals surface area contributed by atoms with E-state index in [9.17, 15) is 14.4 Å². The largest absolute Gasteiger partial charge is 0.444 e. The standard InChI is InChI=1S/C17H21ClN4O4/c18-14-13(7-19-21-16(14)24)22-4-3-12(8-22)26-17(25)20-15-9-1-2-10(15)6-11(23)5-9/h7,9-10,12,15H,1-6,8H2,(H,20,25)(H,21,24)/t9?,10?,12-,15?/m1/s1. The molecule has 140 valence electrons. The first kappa shape index (κ1) is 17.3. The number of rotatable bonds is 3. The van der Waals surface area contributed by atoms with Crippen LogP contribution in [0.3, 0.4) is 0 Å². The predicted octanol–water partition coefficient (Wildman–Crippen LogP) is 1.49. The summed E-state index contributed by atoms with van der Waals surface area (Å²) in [6.07, 6.45) is 4.57. The van der Waals surface area contributed by atoms with E-state index in [1.165, 1.54) is 6.20 Å². The van der Waals surface area contributed by atoms with E-state index in [0.717, 1.165) is 12.8 Å². The van der Waals surface area contributed by atoms with Gasteiger partial charge in [-0.15, -0.1) is 0 Å². The van der Waals surface area contributed by atoms with Gasteiger partial charge in [-0.05, 0) is 24.7 Å². The van der Waals surface area contributed by atoms with Crippen molar-refractivity contribution in [2.75, 3.05) is 18.0 Å². The summed E-state index contributed by atoms with van der Waals surface area (Å²) in [4.78, 5) is 37.4. The first-order valence-corrected chi connectivity index (χ1v) is 9.36. The number of ether oxygens (including phenoxy) is 1. The number of nitrogens with one attached hydrogen (secondary N) is 2. The third-order valence-corrected chi connectivity index (χ3v) is 6.09. The maximum absolute atomic E-state index is 12.3. The number of H-pyrrole nitrogens is 1. The summed E-state index contributed by atoms with van der Waals surface area (Å²) < 4.78 is 5.56. The third kappa shape index (κ3) is 3.30. The fourth-order valence-corrected chi connectivity index (χ4v) is 4.70. The number of aromatic amines is 1. The van der Waals surface area contributed by atoms with E-state index in [1.54, 1.807) is 0 Å². The summed E-state index contributed by atoms with van der Waals surface area (Å²) >= 11 is 6.03. The molecule has 8 nitrogen and oxygen atoms in total. The van der Waals surface area contributed by atoms with Crippen molar-refractivity contribution in [1.29, 1.82) is 0 Å². The molecule has 1 aromatic heterocycles. The molecule has 2 bridgehead atoms. The molecule has 0 spiro atoms. The number of carbonyl (C=O) groups excluding carboxylic acids is 2. The number of hydrogen-bond donors (Lipinski definition) is 2. The smallest absolute Gasteiger partial charge is 0.407 e. The van der Waals surface area contributed by atoms with Gasteiger partial charge in [0.25, 0.3) is 5.56 Å². The van der Waals surface area contributed by atoms with Gasteiger partial charge in [0.05, 0.1) is 18.4 Å². The molecule has 4 rings (SSSR count). The number of nitrogens with zero attached hydrogens (tertiary/aromatic N) is 2. The van der Waals surface area contributed by atoms with Crippen LogP contribution in [0.25, 0.3) is 0 Å². The Morgan fingerprint density at radius 2 is 2.00 bits per heavy atom. The third-order valence-electron chi connectivity index (χ3n) is 5.72. The van der Waals surface area contributed by atoms with Crippen LogP contribution in [-0.4, -0.2) is 47.3 Å². The maximum atomic E-state index is 12.3. The zero-order chi connectivity index (χ0) is 18.3. The number of hydrogen-bond acceptors (Lipinski definition) is 6. The topological polar surface area (TPSA) is 104 Å². The van der Waals surface area contributed by atoms with E-state index < -0.39 is 11.7 Å². The number of anilines is 1. The Labute approximate surface area is 155 Å². The molecule has 3 atom stereocenters. The Morgan fingerprint density at radius 1 is 1.27 bits per heavy atom. The normalized spacial score (nSPS) is 30.5. The molecule has 26 heavy (non-hydrogen) atoms. The van der Waals surface area contributed by atoms with Crippen molar-refractivity contribution in [3.8, 4) is 0 Å². The van der Waals surface area contributed by atoms with Crippen LogP contribution in [0.15, 0.2) is 11.0 Å². The van der Waals surface area contributed by atoms with Crippen molar-refractivity contribution in [1.82, 2.24) is 15.5 Å². The Kier molecular flexibility index (Phi) is 4.60. The van der Waals surface area contributed by atoms with Gasteiger partial charge in [-0.1, -0.05) is 11.6 Å². The van der Waals surface area contributed by atoms with Crippen molar-refractivity contribution in [2.45, 2.75) is 44.2 Å². The lowest BCUT2D eigenvalue weighted by atomic mass is 9.83. The monoisotopic (exact) mass is 380 g/mol. The number of aromatic nitrogens is 2. The van der Waals surface area contributed by atoms with Crippen LogP contribution >= 0.6 is 11.6 Å². The van der Waals surface area contributed by atoms with Crippen molar-refractivity contribution in [2.24, 2.45) is 11.8 Å². The minimum absolute atomic E-state index is 0.0454. The molecule has 1 amide bonds. The highest BCUT2D eigenvalue weighted by Crippen LogP contribution is 2.40. The van der Waals surface area contributed by atoms with Gasteiger partial charge in [-0.3, -0.25) is 9.59 Å². The van der Waals surface area contributed by atoms with Gasteiger partial charge in [-0.2, -0.15) is 5.10 Å². The quantitative estimate of drug-likeness (QED) is 0.823. The second-order valence-corrected chi connectivity index (χ2v) is 7.75. The number of carbonyl (C=O) groups is 2. The molecule has 1 aliphatic heterocycles. The summed E-state index contributed by atoms with van der Waals surface area (Å²) in [5.74, 6) is 0.795. The minimum atomic E-state index is -0.436. The van der Waals surface area contributed by atoms with Crippen LogP contribution in [0.5, 0.6) is 0 Å². The van der Waals surface area contributed by atoms with Crippen molar-refractivity contribution >= 4 is 29.2 Å².